The maximum atomic E-state index is 11.3. The molecule has 0 atom stereocenters. The lowest BCUT2D eigenvalue weighted by molar-refractivity contribution is 0.307. The van der Waals surface area contributed by atoms with Crippen LogP contribution in [0.4, 0.5) is 10.8 Å². The molecule has 0 bridgehead atoms. The molecule has 1 N–H and O–H groups in total. The van der Waals surface area contributed by atoms with Crippen molar-refractivity contribution in [3.05, 3.63) is 75.2 Å². The number of allylic oxidation sites excluding steroid dienone is 1. The van der Waals surface area contributed by atoms with Gasteiger partial charge < -0.3 is 5.11 Å². The predicted molar refractivity (Wildman–Crippen MR) is 141 cm³/mol. The lowest BCUT2D eigenvalue weighted by Gasteiger charge is -2.23. The summed E-state index contributed by atoms with van der Waals surface area (Å²) >= 11 is 3.05. The van der Waals surface area contributed by atoms with Gasteiger partial charge in [0.05, 0.1) is 16.3 Å². The van der Waals surface area contributed by atoms with Gasteiger partial charge in [-0.1, -0.05) is 79.1 Å². The molecule has 1 saturated carbocycles. The first-order valence-corrected chi connectivity index (χ1v) is 13.3. The Labute approximate surface area is 206 Å². The van der Waals surface area contributed by atoms with Crippen LogP contribution >= 0.6 is 22.7 Å². The Morgan fingerprint density at radius 1 is 1.00 bits per heavy atom. The summed E-state index contributed by atoms with van der Waals surface area (Å²) in [5.41, 5.74) is 5.07. The van der Waals surface area contributed by atoms with E-state index >= 15 is 0 Å². The van der Waals surface area contributed by atoms with E-state index in [1.165, 1.54) is 41.9 Å². The fourth-order valence-electron chi connectivity index (χ4n) is 4.68. The third-order valence-electron chi connectivity index (χ3n) is 6.39. The number of aromatic hydroxyl groups is 1. The average Bonchev–Trinajstić information content (AvgIpc) is 3.59. The standard InChI is InChI=1S/C27H24N4OS2/c32-25-24(15-19-16-28-22-14-8-7-13-21(19)22)34-27(31(25)20-11-5-2-6-12-20)30-26-29-23(17-33-26)18-9-3-1-4-10-18/h1,3-4,7-10,13-17,20,32H,2,5-6,11-12H2/b19-15+,30-27+. The molecule has 34 heavy (non-hydrogen) atoms. The summed E-state index contributed by atoms with van der Waals surface area (Å²) in [6.07, 6.45) is 9.64. The van der Waals surface area contributed by atoms with Crippen LogP contribution in [0.3, 0.4) is 0 Å². The monoisotopic (exact) mass is 484 g/mol. The summed E-state index contributed by atoms with van der Waals surface area (Å²) in [6, 6.07) is 18.5. The Kier molecular flexibility index (Phi) is 5.73. The normalized spacial score (nSPS) is 17.5. The van der Waals surface area contributed by atoms with Crippen molar-refractivity contribution in [2.24, 2.45) is 9.98 Å². The highest BCUT2D eigenvalue weighted by atomic mass is 32.1. The highest BCUT2D eigenvalue weighted by Crippen LogP contribution is 2.37. The number of aliphatic imine (C=N–C) groups is 1. The van der Waals surface area contributed by atoms with Gasteiger partial charge in [-0.05, 0) is 25.0 Å². The number of benzene rings is 2. The Bertz CT molecular complexity index is 1450. The van der Waals surface area contributed by atoms with Gasteiger partial charge in [-0.15, -0.1) is 11.3 Å². The molecule has 170 valence electrons. The molecular formula is C27H24N4OS2. The van der Waals surface area contributed by atoms with Crippen LogP contribution < -0.4 is 4.80 Å². The minimum absolute atomic E-state index is 0.258. The molecule has 2 aromatic carbocycles. The smallest absolute Gasteiger partial charge is 0.212 e. The molecule has 0 unspecified atom stereocenters. The Balaban J connectivity index is 1.44. The van der Waals surface area contributed by atoms with Gasteiger partial charge in [-0.25, -0.2) is 4.98 Å². The molecule has 1 aliphatic carbocycles. The molecular weight excluding hydrogens is 460 g/mol. The molecule has 4 aromatic rings. The van der Waals surface area contributed by atoms with Gasteiger partial charge in [0, 0.05) is 34.3 Å². The van der Waals surface area contributed by atoms with Crippen LogP contribution in [0, 0.1) is 0 Å². The molecule has 0 saturated heterocycles. The van der Waals surface area contributed by atoms with Crippen molar-refractivity contribution in [3.63, 3.8) is 0 Å². The Hall–Kier alpha value is -3.29. The lowest BCUT2D eigenvalue weighted by Crippen LogP contribution is -2.22. The number of aromatic nitrogens is 2. The zero-order valence-corrected chi connectivity index (χ0v) is 20.2. The first-order chi connectivity index (χ1) is 16.8. The number of nitrogens with zero attached hydrogens (tertiary/aromatic N) is 4. The van der Waals surface area contributed by atoms with Crippen LogP contribution in [0.15, 0.2) is 70.0 Å². The van der Waals surface area contributed by atoms with Crippen molar-refractivity contribution in [3.8, 4) is 17.1 Å². The van der Waals surface area contributed by atoms with Crippen LogP contribution in [0.25, 0.3) is 22.9 Å². The van der Waals surface area contributed by atoms with Crippen LogP contribution in [0.5, 0.6) is 5.88 Å². The second kappa shape index (κ2) is 9.16. The Morgan fingerprint density at radius 2 is 1.79 bits per heavy atom. The molecule has 1 fully saturated rings. The van der Waals surface area contributed by atoms with E-state index in [9.17, 15) is 5.11 Å². The van der Waals surface area contributed by atoms with E-state index < -0.39 is 0 Å². The summed E-state index contributed by atoms with van der Waals surface area (Å²) in [6.45, 7) is 0. The second-order valence-corrected chi connectivity index (χ2v) is 10.4. The quantitative estimate of drug-likeness (QED) is 0.329. The molecule has 0 radical (unpaired) electrons. The highest BCUT2D eigenvalue weighted by Gasteiger charge is 2.23. The summed E-state index contributed by atoms with van der Waals surface area (Å²) in [4.78, 5) is 15.8. The van der Waals surface area contributed by atoms with Gasteiger partial charge in [-0.2, -0.15) is 4.99 Å². The first-order valence-electron chi connectivity index (χ1n) is 11.6. The molecule has 2 aromatic heterocycles. The topological polar surface area (TPSA) is 62.8 Å². The summed E-state index contributed by atoms with van der Waals surface area (Å²) in [5.74, 6) is 0.292. The number of thiazole rings is 2. The van der Waals surface area contributed by atoms with E-state index in [1.54, 1.807) is 0 Å². The molecule has 3 heterocycles. The van der Waals surface area contributed by atoms with Crippen LogP contribution in [0.1, 0.15) is 48.6 Å². The molecule has 5 nitrogen and oxygen atoms in total. The Morgan fingerprint density at radius 3 is 2.65 bits per heavy atom. The number of hydrogen-bond acceptors (Lipinski definition) is 6. The highest BCUT2D eigenvalue weighted by molar-refractivity contribution is 7.14. The van der Waals surface area contributed by atoms with Crippen molar-refractivity contribution < 1.29 is 5.11 Å². The van der Waals surface area contributed by atoms with E-state index in [2.05, 4.69) is 23.2 Å². The lowest BCUT2D eigenvalue weighted by atomic mass is 9.95. The van der Waals surface area contributed by atoms with Crippen molar-refractivity contribution in [1.29, 1.82) is 0 Å². The van der Waals surface area contributed by atoms with Crippen LogP contribution in [0.2, 0.25) is 0 Å². The number of rotatable bonds is 4. The molecule has 2 aliphatic rings. The van der Waals surface area contributed by atoms with E-state index in [0.717, 1.165) is 50.6 Å². The van der Waals surface area contributed by atoms with Crippen LogP contribution in [-0.2, 0) is 0 Å². The van der Waals surface area contributed by atoms with E-state index in [4.69, 9.17) is 9.98 Å². The summed E-state index contributed by atoms with van der Waals surface area (Å²) in [7, 11) is 0. The molecule has 0 spiro atoms. The van der Waals surface area contributed by atoms with Gasteiger partial charge in [0.15, 0.2) is 4.80 Å². The van der Waals surface area contributed by atoms with Crippen molar-refractivity contribution in [2.75, 3.05) is 0 Å². The zero-order chi connectivity index (χ0) is 22.9. The molecule has 7 heteroatoms. The fraction of sp³-hybridized carbons (Fsp3) is 0.222. The van der Waals surface area contributed by atoms with Gasteiger partial charge >= 0.3 is 0 Å². The third kappa shape index (κ3) is 4.06. The summed E-state index contributed by atoms with van der Waals surface area (Å²) in [5, 5.41) is 14.1. The minimum atomic E-state index is 0.258. The van der Waals surface area contributed by atoms with E-state index in [1.807, 2.05) is 58.6 Å². The minimum Gasteiger partial charge on any atom is -0.493 e. The first kappa shape index (κ1) is 21.3. The maximum absolute atomic E-state index is 11.3. The molecule has 6 rings (SSSR count). The molecule has 1 aliphatic heterocycles. The third-order valence-corrected chi connectivity index (χ3v) is 8.12. The molecule has 0 amide bonds. The SMILES string of the molecule is Oc1c(/C=C2\C=Nc3ccccc32)s/c(=N/c2nc(-c3ccccc3)cs2)n1C1CCCCC1. The van der Waals surface area contributed by atoms with Crippen molar-refractivity contribution >= 4 is 51.4 Å². The van der Waals surface area contributed by atoms with Gasteiger partial charge in [0.2, 0.25) is 11.0 Å². The maximum Gasteiger partial charge on any atom is 0.212 e. The van der Waals surface area contributed by atoms with Gasteiger partial charge in [0.25, 0.3) is 0 Å². The fourth-order valence-corrected chi connectivity index (χ4v) is 6.47. The summed E-state index contributed by atoms with van der Waals surface area (Å²) < 4.78 is 2.04. The zero-order valence-electron chi connectivity index (χ0n) is 18.6. The van der Waals surface area contributed by atoms with E-state index in [0.29, 0.717) is 11.0 Å². The van der Waals surface area contributed by atoms with Crippen LogP contribution in [-0.4, -0.2) is 20.9 Å². The van der Waals surface area contributed by atoms with Gasteiger partial charge in [-0.3, -0.25) is 9.56 Å². The van der Waals surface area contributed by atoms with E-state index in [-0.39, 0.29) is 6.04 Å². The van der Waals surface area contributed by atoms with Crippen molar-refractivity contribution in [1.82, 2.24) is 9.55 Å². The number of hydrogen-bond donors (Lipinski definition) is 1. The predicted octanol–water partition coefficient (Wildman–Crippen LogP) is 7.37. The van der Waals surface area contributed by atoms with Crippen molar-refractivity contribution in [2.45, 2.75) is 38.1 Å². The van der Waals surface area contributed by atoms with Gasteiger partial charge in [0.1, 0.15) is 0 Å². The average molecular weight is 485 g/mol. The second-order valence-electron chi connectivity index (χ2n) is 8.60. The number of para-hydroxylation sites is 1. The number of fused-ring (bicyclic) bond motifs is 1. The largest absolute Gasteiger partial charge is 0.493 e.